The number of carbonyl (C=O) groups is 2. The van der Waals surface area contributed by atoms with E-state index < -0.39 is 17.7 Å². The van der Waals surface area contributed by atoms with Gasteiger partial charge in [0.05, 0.1) is 12.0 Å². The third kappa shape index (κ3) is 3.36. The molecule has 1 fully saturated rings. The van der Waals surface area contributed by atoms with Crippen molar-refractivity contribution >= 4 is 27.8 Å². The highest BCUT2D eigenvalue weighted by Crippen LogP contribution is 2.43. The summed E-state index contributed by atoms with van der Waals surface area (Å²) < 4.78 is 14.2. The van der Waals surface area contributed by atoms with Crippen LogP contribution in [0.15, 0.2) is 22.7 Å². The molecule has 1 amide bonds. The molecule has 2 N–H and O–H groups in total. The zero-order valence-corrected chi connectivity index (χ0v) is 12.4. The molecule has 1 saturated carbocycles. The fourth-order valence-electron chi connectivity index (χ4n) is 2.45. The number of amides is 1. The van der Waals surface area contributed by atoms with Crippen LogP contribution in [0.3, 0.4) is 0 Å². The van der Waals surface area contributed by atoms with Gasteiger partial charge in [0, 0.05) is 11.0 Å². The van der Waals surface area contributed by atoms with Crippen molar-refractivity contribution in [2.24, 2.45) is 5.41 Å². The maximum atomic E-state index is 13.6. The number of aliphatic carboxylic acids is 1. The normalized spacial score (nSPS) is 16.3. The molecular formula is C14H15BrFNO3. The monoisotopic (exact) mass is 343 g/mol. The summed E-state index contributed by atoms with van der Waals surface area (Å²) in [5.74, 6) is -1.97. The maximum absolute atomic E-state index is 13.6. The molecule has 1 aliphatic carbocycles. The molecule has 6 heteroatoms. The zero-order valence-electron chi connectivity index (χ0n) is 10.8. The number of halogens is 2. The number of benzene rings is 1. The second-order valence-corrected chi connectivity index (χ2v) is 6.15. The van der Waals surface area contributed by atoms with Crippen molar-refractivity contribution in [2.45, 2.75) is 25.7 Å². The van der Waals surface area contributed by atoms with Crippen molar-refractivity contribution in [2.75, 3.05) is 6.54 Å². The third-order valence-corrected chi connectivity index (χ3v) is 4.23. The van der Waals surface area contributed by atoms with E-state index in [9.17, 15) is 14.0 Å². The number of hydrogen-bond acceptors (Lipinski definition) is 2. The van der Waals surface area contributed by atoms with Gasteiger partial charge < -0.3 is 10.4 Å². The number of nitrogens with one attached hydrogen (secondary N) is 1. The van der Waals surface area contributed by atoms with E-state index in [1.165, 1.54) is 12.1 Å². The van der Waals surface area contributed by atoms with E-state index in [1.54, 1.807) is 6.07 Å². The van der Waals surface area contributed by atoms with E-state index in [0.717, 1.165) is 19.3 Å². The van der Waals surface area contributed by atoms with Gasteiger partial charge in [0.1, 0.15) is 5.82 Å². The average molecular weight is 344 g/mol. The van der Waals surface area contributed by atoms with Crippen LogP contribution in [0.5, 0.6) is 0 Å². The molecule has 0 saturated heterocycles. The first kappa shape index (κ1) is 15.0. The molecule has 0 spiro atoms. The van der Waals surface area contributed by atoms with E-state index in [-0.39, 0.29) is 23.9 Å². The van der Waals surface area contributed by atoms with Crippen LogP contribution in [0.1, 0.15) is 36.0 Å². The summed E-state index contributed by atoms with van der Waals surface area (Å²) in [6.45, 7) is 0.271. The zero-order chi connectivity index (χ0) is 14.8. The Labute approximate surface area is 124 Å². The van der Waals surface area contributed by atoms with Crippen molar-refractivity contribution in [1.29, 1.82) is 0 Å². The standard InChI is InChI=1S/C14H15BrFNO3/c15-9-2-3-10(11(16)6-9)13(20)17-8-14(4-1-5-14)7-12(18)19/h2-3,6H,1,4-5,7-8H2,(H,17,20)(H,18,19). The third-order valence-electron chi connectivity index (χ3n) is 3.74. The summed E-state index contributed by atoms with van der Waals surface area (Å²) in [7, 11) is 0. The fraction of sp³-hybridized carbons (Fsp3) is 0.429. The molecule has 1 aromatic carbocycles. The van der Waals surface area contributed by atoms with Crippen LogP contribution in [0.4, 0.5) is 4.39 Å². The first-order valence-corrected chi connectivity index (χ1v) is 7.16. The molecule has 20 heavy (non-hydrogen) atoms. The molecule has 108 valence electrons. The number of hydrogen-bond donors (Lipinski definition) is 2. The summed E-state index contributed by atoms with van der Waals surface area (Å²) in [6, 6.07) is 4.22. The molecule has 0 heterocycles. The lowest BCUT2D eigenvalue weighted by atomic mass is 9.66. The van der Waals surface area contributed by atoms with Crippen LogP contribution < -0.4 is 5.32 Å². The Bertz CT molecular complexity index is 543. The largest absolute Gasteiger partial charge is 0.481 e. The quantitative estimate of drug-likeness (QED) is 0.863. The van der Waals surface area contributed by atoms with Gasteiger partial charge in [-0.15, -0.1) is 0 Å². The molecule has 4 nitrogen and oxygen atoms in total. The topological polar surface area (TPSA) is 66.4 Å². The van der Waals surface area contributed by atoms with E-state index in [0.29, 0.717) is 4.47 Å². The van der Waals surface area contributed by atoms with Crippen molar-refractivity contribution in [3.05, 3.63) is 34.1 Å². The van der Waals surface area contributed by atoms with Crippen LogP contribution in [0, 0.1) is 11.2 Å². The Morgan fingerprint density at radius 2 is 2.10 bits per heavy atom. The summed E-state index contributed by atoms with van der Waals surface area (Å²) in [5, 5.41) is 11.5. The lowest BCUT2D eigenvalue weighted by Gasteiger charge is -2.40. The van der Waals surface area contributed by atoms with Crippen LogP contribution in [0.25, 0.3) is 0 Å². The van der Waals surface area contributed by atoms with Gasteiger partial charge in [-0.25, -0.2) is 4.39 Å². The highest BCUT2D eigenvalue weighted by molar-refractivity contribution is 9.10. The molecule has 0 atom stereocenters. The number of carboxylic acid groups (broad SMARTS) is 1. The Hall–Kier alpha value is -1.43. The van der Waals surface area contributed by atoms with Crippen LogP contribution in [-0.4, -0.2) is 23.5 Å². The predicted octanol–water partition coefficient (Wildman–Crippen LogP) is 2.96. The summed E-state index contributed by atoms with van der Waals surface area (Å²) in [6.07, 6.45) is 2.57. The van der Waals surface area contributed by atoms with Crippen molar-refractivity contribution in [3.63, 3.8) is 0 Å². The lowest BCUT2D eigenvalue weighted by Crippen LogP contribution is -2.43. The summed E-state index contributed by atoms with van der Waals surface area (Å²) in [4.78, 5) is 22.8. The van der Waals surface area contributed by atoms with Crippen molar-refractivity contribution in [3.8, 4) is 0 Å². The van der Waals surface area contributed by atoms with Gasteiger partial charge in [-0.3, -0.25) is 9.59 Å². The van der Waals surface area contributed by atoms with Crippen molar-refractivity contribution in [1.82, 2.24) is 5.32 Å². The van der Waals surface area contributed by atoms with E-state index in [1.807, 2.05) is 0 Å². The maximum Gasteiger partial charge on any atom is 0.303 e. The van der Waals surface area contributed by atoms with Gasteiger partial charge in [-0.2, -0.15) is 0 Å². The highest BCUT2D eigenvalue weighted by Gasteiger charge is 2.39. The second-order valence-electron chi connectivity index (χ2n) is 5.23. The SMILES string of the molecule is O=C(O)CC1(CNC(=O)c2ccc(Br)cc2F)CCC1. The van der Waals surface area contributed by atoms with Gasteiger partial charge >= 0.3 is 5.97 Å². The Morgan fingerprint density at radius 1 is 1.40 bits per heavy atom. The minimum absolute atomic E-state index is 0.0296. The van der Waals surface area contributed by atoms with E-state index in [4.69, 9.17) is 5.11 Å². The molecule has 0 radical (unpaired) electrons. The average Bonchev–Trinajstić information content (AvgIpc) is 2.31. The van der Waals surface area contributed by atoms with E-state index in [2.05, 4.69) is 21.2 Å². The Balaban J connectivity index is 1.99. The lowest BCUT2D eigenvalue weighted by molar-refractivity contribution is -0.141. The molecule has 1 aromatic rings. The molecule has 2 rings (SSSR count). The smallest absolute Gasteiger partial charge is 0.303 e. The molecule has 0 aromatic heterocycles. The summed E-state index contributed by atoms with van der Waals surface area (Å²) >= 11 is 3.13. The van der Waals surface area contributed by atoms with Gasteiger partial charge in [0.25, 0.3) is 5.91 Å². The second kappa shape index (κ2) is 5.91. The van der Waals surface area contributed by atoms with Gasteiger partial charge in [0.15, 0.2) is 0 Å². The minimum Gasteiger partial charge on any atom is -0.481 e. The molecule has 0 unspecified atom stereocenters. The highest BCUT2D eigenvalue weighted by atomic mass is 79.9. The molecule has 0 bridgehead atoms. The van der Waals surface area contributed by atoms with Gasteiger partial charge in [-0.1, -0.05) is 22.4 Å². The van der Waals surface area contributed by atoms with Crippen LogP contribution >= 0.6 is 15.9 Å². The summed E-state index contributed by atoms with van der Waals surface area (Å²) in [5.41, 5.74) is -0.397. The molecular weight excluding hydrogens is 329 g/mol. The predicted molar refractivity (Wildman–Crippen MR) is 75.0 cm³/mol. The Morgan fingerprint density at radius 3 is 2.60 bits per heavy atom. The van der Waals surface area contributed by atoms with Crippen LogP contribution in [-0.2, 0) is 4.79 Å². The fourth-order valence-corrected chi connectivity index (χ4v) is 2.78. The van der Waals surface area contributed by atoms with Gasteiger partial charge in [0.2, 0.25) is 0 Å². The number of carboxylic acids is 1. The van der Waals surface area contributed by atoms with E-state index >= 15 is 0 Å². The first-order chi connectivity index (χ1) is 9.42. The molecule has 1 aliphatic rings. The van der Waals surface area contributed by atoms with Gasteiger partial charge in [-0.05, 0) is 36.5 Å². The first-order valence-electron chi connectivity index (χ1n) is 6.37. The number of rotatable bonds is 5. The Kier molecular flexibility index (Phi) is 4.42. The minimum atomic E-state index is -0.867. The molecule has 0 aliphatic heterocycles. The van der Waals surface area contributed by atoms with Crippen molar-refractivity contribution < 1.29 is 19.1 Å². The number of carbonyl (C=O) groups excluding carboxylic acids is 1. The van der Waals surface area contributed by atoms with Crippen LogP contribution in [0.2, 0.25) is 0 Å².